The summed E-state index contributed by atoms with van der Waals surface area (Å²) in [4.78, 5) is 10.7. The van der Waals surface area contributed by atoms with Crippen molar-refractivity contribution in [1.82, 2.24) is 0 Å². The number of hydrogen-bond acceptors (Lipinski definition) is 4. The van der Waals surface area contributed by atoms with Crippen molar-refractivity contribution in [2.45, 2.75) is 50.0 Å². The topological polar surface area (TPSA) is 74.3 Å². The van der Waals surface area contributed by atoms with Gasteiger partial charge in [-0.3, -0.25) is 0 Å². The highest BCUT2D eigenvalue weighted by Crippen LogP contribution is 2.37. The Hall–Kier alpha value is -1.07. The summed E-state index contributed by atoms with van der Waals surface area (Å²) in [7, 11) is -5.52. The molecular formula is C11H14F7O4S-. The van der Waals surface area contributed by atoms with Gasteiger partial charge >= 0.3 is 12.4 Å². The molecule has 0 saturated heterocycles. The molecule has 0 bridgehead atoms. The second-order valence-electron chi connectivity index (χ2n) is 4.89. The molecule has 0 aliphatic rings. The molecule has 23 heavy (non-hydrogen) atoms. The number of hydrogen-bond donors (Lipinski definition) is 0. The van der Waals surface area contributed by atoms with Gasteiger partial charge in [0.2, 0.25) is 5.00 Å². The largest absolute Gasteiger partial charge is 0.545 e. The second-order valence-corrected chi connectivity index (χ2v) is 7.17. The molecule has 0 fully saturated rings. The molecule has 0 radical (unpaired) electrons. The van der Waals surface area contributed by atoms with Crippen molar-refractivity contribution >= 4 is 15.8 Å². The van der Waals surface area contributed by atoms with Gasteiger partial charge in [-0.15, -0.1) is 0 Å². The predicted octanol–water partition coefficient (Wildman–Crippen LogP) is 2.14. The summed E-state index contributed by atoms with van der Waals surface area (Å²) in [6.45, 7) is 1.06. The molecule has 0 N–H and O–H groups in total. The Morgan fingerprint density at radius 3 is 1.83 bits per heavy atom. The molecule has 0 aromatic heterocycles. The van der Waals surface area contributed by atoms with E-state index < -0.39 is 70.5 Å². The number of halogens is 7. The van der Waals surface area contributed by atoms with Crippen molar-refractivity contribution in [2.24, 2.45) is 5.92 Å². The summed E-state index contributed by atoms with van der Waals surface area (Å²) in [5, 5.41) is 6.41. The number of rotatable bonds is 8. The minimum Gasteiger partial charge on any atom is -0.545 e. The van der Waals surface area contributed by atoms with Crippen LogP contribution in [0.15, 0.2) is 0 Å². The zero-order chi connectivity index (χ0) is 18.7. The van der Waals surface area contributed by atoms with E-state index >= 15 is 0 Å². The number of carboxylic acid groups (broad SMARTS) is 1. The van der Waals surface area contributed by atoms with Crippen molar-refractivity contribution in [3.05, 3.63) is 0 Å². The summed E-state index contributed by atoms with van der Waals surface area (Å²) in [5.74, 6) is -6.96. The number of alkyl halides is 7. The molecule has 4 nitrogen and oxygen atoms in total. The highest BCUT2D eigenvalue weighted by atomic mass is 32.2. The highest BCUT2D eigenvalue weighted by molar-refractivity contribution is 7.93. The molecule has 0 aliphatic heterocycles. The molecule has 138 valence electrons. The van der Waals surface area contributed by atoms with Gasteiger partial charge in [-0.25, -0.2) is 12.8 Å². The number of aliphatic carboxylic acids is 1. The Balaban J connectivity index is 5.31. The smallest absolute Gasteiger partial charge is 0.391 e. The molecule has 0 spiro atoms. The minimum atomic E-state index is -5.52. The van der Waals surface area contributed by atoms with Gasteiger partial charge in [-0.1, -0.05) is 6.92 Å². The first kappa shape index (κ1) is 21.9. The van der Waals surface area contributed by atoms with E-state index in [0.717, 1.165) is 6.92 Å². The van der Waals surface area contributed by atoms with E-state index in [2.05, 4.69) is 0 Å². The minimum absolute atomic E-state index is 0.574. The maximum atomic E-state index is 14.2. The Morgan fingerprint density at radius 1 is 1.04 bits per heavy atom. The molecule has 0 heterocycles. The zero-order valence-electron chi connectivity index (χ0n) is 11.8. The van der Waals surface area contributed by atoms with Crippen molar-refractivity contribution in [3.63, 3.8) is 0 Å². The average molecular weight is 375 g/mol. The molecule has 12 heteroatoms. The highest BCUT2D eigenvalue weighted by Gasteiger charge is 2.49. The van der Waals surface area contributed by atoms with E-state index in [-0.39, 0.29) is 0 Å². The Labute approximate surface area is 127 Å². The number of carbonyl (C=O) groups is 1. The van der Waals surface area contributed by atoms with Gasteiger partial charge in [0, 0.05) is 6.42 Å². The molecule has 0 aliphatic carbocycles. The summed E-state index contributed by atoms with van der Waals surface area (Å²) in [5.41, 5.74) is 0. The van der Waals surface area contributed by atoms with Crippen LogP contribution in [0, 0.1) is 5.92 Å². The van der Waals surface area contributed by atoms with E-state index in [1.165, 1.54) is 0 Å². The lowest BCUT2D eigenvalue weighted by Gasteiger charge is -2.28. The molecule has 0 aromatic carbocycles. The van der Waals surface area contributed by atoms with Gasteiger partial charge < -0.3 is 9.90 Å². The number of carbonyl (C=O) groups excluding carboxylic acids is 1. The Kier molecular flexibility index (Phi) is 6.89. The third-order valence-corrected chi connectivity index (χ3v) is 5.32. The average Bonchev–Trinajstić information content (AvgIpc) is 2.34. The van der Waals surface area contributed by atoms with Gasteiger partial charge in [0.05, 0.1) is 24.1 Å². The number of sulfone groups is 1. The predicted molar refractivity (Wildman–Crippen MR) is 62.4 cm³/mol. The summed E-state index contributed by atoms with van der Waals surface area (Å²) < 4.78 is 111. The Bertz CT molecular complexity index is 511. The molecular weight excluding hydrogens is 361 g/mol. The van der Waals surface area contributed by atoms with Crippen LogP contribution in [0.5, 0.6) is 0 Å². The number of carboxylic acids is 1. The SMILES string of the molecule is CCC(CCC(F)(C(=O)[O-])S(=O)(=O)CCC(F)(F)F)C(F)(F)F. The first-order chi connectivity index (χ1) is 10.1. The normalized spacial score (nSPS) is 17.6. The summed E-state index contributed by atoms with van der Waals surface area (Å²) in [6, 6.07) is 0. The van der Waals surface area contributed by atoms with Crippen LogP contribution in [0.1, 0.15) is 32.6 Å². The van der Waals surface area contributed by atoms with E-state index in [0.29, 0.717) is 0 Å². The molecule has 2 unspecified atom stereocenters. The lowest BCUT2D eigenvalue weighted by atomic mass is 9.98. The van der Waals surface area contributed by atoms with Crippen LogP contribution < -0.4 is 5.11 Å². The third kappa shape index (κ3) is 6.15. The van der Waals surface area contributed by atoms with Crippen LogP contribution >= 0.6 is 0 Å². The third-order valence-electron chi connectivity index (χ3n) is 3.22. The zero-order valence-corrected chi connectivity index (χ0v) is 12.6. The van der Waals surface area contributed by atoms with Crippen LogP contribution in [-0.2, 0) is 14.6 Å². The van der Waals surface area contributed by atoms with Gasteiger partial charge in [0.15, 0.2) is 9.84 Å². The van der Waals surface area contributed by atoms with Gasteiger partial charge in [-0.05, 0) is 12.8 Å². The molecule has 2 atom stereocenters. The van der Waals surface area contributed by atoms with E-state index in [9.17, 15) is 49.1 Å². The van der Waals surface area contributed by atoms with Crippen molar-refractivity contribution < 1.29 is 49.1 Å². The molecule has 0 saturated carbocycles. The second kappa shape index (κ2) is 7.22. The Morgan fingerprint density at radius 2 is 1.52 bits per heavy atom. The fourth-order valence-corrected chi connectivity index (χ4v) is 3.26. The van der Waals surface area contributed by atoms with Crippen molar-refractivity contribution in [3.8, 4) is 0 Å². The maximum absolute atomic E-state index is 14.2. The van der Waals surface area contributed by atoms with Crippen molar-refractivity contribution in [2.75, 3.05) is 5.75 Å². The van der Waals surface area contributed by atoms with E-state index in [4.69, 9.17) is 0 Å². The molecule has 0 rings (SSSR count). The summed E-state index contributed by atoms with van der Waals surface area (Å²) in [6.07, 6.45) is -15.3. The van der Waals surface area contributed by atoms with Gasteiger partial charge in [0.1, 0.15) is 0 Å². The first-order valence-corrected chi connectivity index (χ1v) is 7.98. The van der Waals surface area contributed by atoms with Crippen LogP contribution in [-0.4, -0.2) is 37.5 Å². The van der Waals surface area contributed by atoms with E-state index in [1.807, 2.05) is 0 Å². The maximum Gasteiger partial charge on any atom is 0.391 e. The fourth-order valence-electron chi connectivity index (χ4n) is 1.76. The quantitative estimate of drug-likeness (QED) is 0.610. The fraction of sp³-hybridized carbons (Fsp3) is 0.909. The summed E-state index contributed by atoms with van der Waals surface area (Å²) >= 11 is 0. The van der Waals surface area contributed by atoms with Crippen LogP contribution in [0.4, 0.5) is 30.7 Å². The lowest BCUT2D eigenvalue weighted by molar-refractivity contribution is -0.315. The van der Waals surface area contributed by atoms with Gasteiger partial charge in [0.25, 0.3) is 0 Å². The van der Waals surface area contributed by atoms with Gasteiger partial charge in [-0.2, -0.15) is 26.3 Å². The standard InChI is InChI=1S/C11H15F7O4S/c1-2-7(11(16,17)18)3-4-9(12,8(19)20)23(21,22)6-5-10(13,14)15/h7H,2-6H2,1H3,(H,19,20)/p-1. The molecule has 0 amide bonds. The lowest BCUT2D eigenvalue weighted by Crippen LogP contribution is -2.52. The monoisotopic (exact) mass is 375 g/mol. The van der Waals surface area contributed by atoms with Crippen molar-refractivity contribution in [1.29, 1.82) is 0 Å². The van der Waals surface area contributed by atoms with Crippen LogP contribution in [0.3, 0.4) is 0 Å². The molecule has 0 aromatic rings. The van der Waals surface area contributed by atoms with E-state index in [1.54, 1.807) is 0 Å². The first-order valence-electron chi connectivity index (χ1n) is 6.33. The van der Waals surface area contributed by atoms with Crippen LogP contribution in [0.2, 0.25) is 0 Å². The van der Waals surface area contributed by atoms with Crippen LogP contribution in [0.25, 0.3) is 0 Å².